The Balaban J connectivity index is 2.04. The van der Waals surface area contributed by atoms with Crippen molar-refractivity contribution in [1.29, 1.82) is 0 Å². The lowest BCUT2D eigenvalue weighted by Crippen LogP contribution is -1.86. The summed E-state index contributed by atoms with van der Waals surface area (Å²) in [6.07, 6.45) is 0. The third-order valence-electron chi connectivity index (χ3n) is 1.18. The van der Waals surface area contributed by atoms with Gasteiger partial charge < -0.3 is 0 Å². The van der Waals surface area contributed by atoms with Crippen LogP contribution in [0.1, 0.15) is 0 Å². The average Bonchev–Trinajstić information content (AvgIpc) is 2.74. The Morgan fingerprint density at radius 1 is 1.10 bits per heavy atom. The van der Waals surface area contributed by atoms with Crippen molar-refractivity contribution in [1.82, 2.24) is 0 Å². The Labute approximate surface area is 66.4 Å². The smallest absolute Gasteiger partial charge is 0.0357 e. The van der Waals surface area contributed by atoms with Crippen LogP contribution in [0.4, 0.5) is 0 Å². The summed E-state index contributed by atoms with van der Waals surface area (Å²) in [6.45, 7) is 0.445. The van der Waals surface area contributed by atoms with Crippen molar-refractivity contribution in [3.8, 4) is 0 Å². The van der Waals surface area contributed by atoms with Gasteiger partial charge in [0.25, 0.3) is 0 Å². The van der Waals surface area contributed by atoms with Crippen molar-refractivity contribution in [3.05, 3.63) is 30.3 Å². The van der Waals surface area contributed by atoms with E-state index in [0.717, 1.165) is 8.27 Å². The Kier molecular flexibility index (Phi) is 2.48. The van der Waals surface area contributed by atoms with Crippen LogP contribution in [0.25, 0.3) is 0 Å². The molecule has 0 aromatic heterocycles. The lowest BCUT2D eigenvalue weighted by Gasteiger charge is -1.95. The van der Waals surface area contributed by atoms with Crippen LogP contribution in [0, 0.1) is 0 Å². The van der Waals surface area contributed by atoms with E-state index in [9.17, 15) is 0 Å². The molecule has 0 fully saturated rings. The molecule has 0 bridgehead atoms. The maximum atomic E-state index is 2.24. The molecule has 1 unspecified atom stereocenters. The summed E-state index contributed by atoms with van der Waals surface area (Å²) < 4.78 is 0. The van der Waals surface area contributed by atoms with Gasteiger partial charge in [0, 0.05) is 6.99 Å². The van der Waals surface area contributed by atoms with E-state index in [2.05, 4.69) is 30.3 Å². The first-order valence-electron chi connectivity index (χ1n) is 2.98. The minimum atomic E-state index is 0.445. The monoisotopic (exact) mass is 202 g/mol. The number of benzene rings is 1. The highest BCUT2D eigenvalue weighted by atomic mass is 33.0. The molecule has 1 aliphatic heterocycles. The topological polar surface area (TPSA) is 0 Å². The van der Waals surface area contributed by atoms with Crippen LogP contribution >= 0.6 is 30.4 Å². The Hall–Kier alpha value is 0.680. The van der Waals surface area contributed by atoms with E-state index in [4.69, 9.17) is 0 Å². The molecule has 4 heteroatoms. The van der Waals surface area contributed by atoms with Crippen LogP contribution in [-0.4, -0.2) is 0 Å². The minimum Gasteiger partial charge on any atom is -0.0622 e. The molecule has 0 aliphatic carbocycles. The van der Waals surface area contributed by atoms with Gasteiger partial charge in [0.15, 0.2) is 0 Å². The molecule has 1 atom stereocenters. The van der Waals surface area contributed by atoms with Gasteiger partial charge in [-0.15, -0.1) is 0 Å². The normalized spacial score (nSPS) is 25.4. The highest BCUT2D eigenvalue weighted by Crippen LogP contribution is 2.92. The predicted octanol–water partition coefficient (Wildman–Crippen LogP) is 4.04. The van der Waals surface area contributed by atoms with Crippen LogP contribution in [0.3, 0.4) is 0 Å². The predicted molar refractivity (Wildman–Crippen MR) is 55.2 cm³/mol. The van der Waals surface area contributed by atoms with Gasteiger partial charge in [0.05, 0.1) is 0 Å². The number of hydrogen-bond donors (Lipinski definition) is 0. The first-order chi connectivity index (χ1) is 4.95. The summed E-state index contributed by atoms with van der Waals surface area (Å²) in [4.78, 5) is 0. The summed E-state index contributed by atoms with van der Waals surface area (Å²) in [6, 6.07) is 10.8. The summed E-state index contributed by atoms with van der Waals surface area (Å²) in [5, 5.41) is 1.55. The fraction of sp³-hybridized carbons (Fsp3) is 0. The lowest BCUT2D eigenvalue weighted by molar-refractivity contribution is 1.78. The van der Waals surface area contributed by atoms with Gasteiger partial charge in [0.2, 0.25) is 0 Å². The molecule has 0 nitrogen and oxygen atoms in total. The minimum absolute atomic E-state index is 0.445. The standard InChI is InChI=1S/C6H6P4/c1-2-4-6(5-3-1)7-10-8-9-10/h1-5,7H. The van der Waals surface area contributed by atoms with Gasteiger partial charge in [-0.1, -0.05) is 30.3 Å². The average molecular weight is 202 g/mol. The molecule has 1 aliphatic rings. The van der Waals surface area contributed by atoms with Crippen molar-refractivity contribution < 1.29 is 0 Å². The van der Waals surface area contributed by atoms with Crippen LogP contribution in [0.15, 0.2) is 30.3 Å². The van der Waals surface area contributed by atoms with Crippen molar-refractivity contribution >= 4 is 35.7 Å². The zero-order chi connectivity index (χ0) is 6.81. The third-order valence-corrected chi connectivity index (χ3v) is 14.6. The van der Waals surface area contributed by atoms with Crippen LogP contribution in [0.5, 0.6) is 0 Å². The van der Waals surface area contributed by atoms with Gasteiger partial charge >= 0.3 is 0 Å². The molecule has 1 aromatic rings. The van der Waals surface area contributed by atoms with Gasteiger partial charge in [0.1, 0.15) is 0 Å². The SMILES string of the molecule is c1ccc(PP2P=P2)cc1. The zero-order valence-corrected chi connectivity index (χ0v) is 8.91. The maximum absolute atomic E-state index is 2.24. The highest BCUT2D eigenvalue weighted by Gasteiger charge is 2.12. The second-order valence-electron chi connectivity index (χ2n) is 1.95. The summed E-state index contributed by atoms with van der Waals surface area (Å²) in [5.74, 6) is 0. The molecule has 0 N–H and O–H groups in total. The quantitative estimate of drug-likeness (QED) is 0.634. The van der Waals surface area contributed by atoms with E-state index in [1.807, 2.05) is 0 Å². The van der Waals surface area contributed by atoms with Gasteiger partial charge in [-0.05, 0) is 28.7 Å². The van der Waals surface area contributed by atoms with Crippen molar-refractivity contribution in [3.63, 3.8) is 0 Å². The number of hydrogen-bond acceptors (Lipinski definition) is 0. The molecule has 0 saturated carbocycles. The van der Waals surface area contributed by atoms with Gasteiger partial charge in [-0.2, -0.15) is 0 Å². The van der Waals surface area contributed by atoms with Crippen molar-refractivity contribution in [2.45, 2.75) is 0 Å². The Morgan fingerprint density at radius 2 is 1.80 bits per heavy atom. The maximum Gasteiger partial charge on any atom is 0.0357 e. The largest absolute Gasteiger partial charge is 0.0622 e. The molecule has 0 spiro atoms. The molecule has 1 heterocycles. The molecular formula is C6H6P4. The van der Waals surface area contributed by atoms with Crippen LogP contribution < -0.4 is 5.30 Å². The fourth-order valence-electron chi connectivity index (χ4n) is 0.693. The van der Waals surface area contributed by atoms with Crippen molar-refractivity contribution in [2.75, 3.05) is 0 Å². The van der Waals surface area contributed by atoms with Crippen LogP contribution in [0.2, 0.25) is 0 Å². The second kappa shape index (κ2) is 3.38. The molecule has 2 rings (SSSR count). The first kappa shape index (κ1) is 7.34. The fourth-order valence-corrected chi connectivity index (χ4v) is 12.9. The molecule has 0 radical (unpaired) electrons. The molecule has 0 saturated heterocycles. The van der Waals surface area contributed by atoms with Gasteiger partial charge in [-0.3, -0.25) is 0 Å². The molecule has 0 amide bonds. The first-order valence-corrected chi connectivity index (χ1v) is 10.1. The van der Waals surface area contributed by atoms with E-state index >= 15 is 0 Å². The third kappa shape index (κ3) is 2.08. The summed E-state index contributed by atoms with van der Waals surface area (Å²) in [5.41, 5.74) is 0. The molecule has 1 aromatic carbocycles. The Morgan fingerprint density at radius 3 is 2.40 bits per heavy atom. The Bertz CT molecular complexity index is 237. The van der Waals surface area contributed by atoms with E-state index in [-0.39, 0.29) is 0 Å². The highest BCUT2D eigenvalue weighted by molar-refractivity contribution is 8.96. The van der Waals surface area contributed by atoms with Gasteiger partial charge in [-0.25, -0.2) is 0 Å². The summed E-state index contributed by atoms with van der Waals surface area (Å²) >= 11 is 0. The van der Waals surface area contributed by atoms with E-state index < -0.39 is 0 Å². The van der Waals surface area contributed by atoms with E-state index in [1.54, 1.807) is 20.4 Å². The van der Waals surface area contributed by atoms with E-state index in [0.29, 0.717) is 6.99 Å². The summed E-state index contributed by atoms with van der Waals surface area (Å²) in [7, 11) is 4.52. The molecule has 10 heavy (non-hydrogen) atoms. The number of rotatable bonds is 2. The van der Waals surface area contributed by atoms with Crippen LogP contribution in [-0.2, 0) is 0 Å². The zero-order valence-electron chi connectivity index (χ0n) is 5.23. The second-order valence-corrected chi connectivity index (χ2v) is 15.6. The molecule has 50 valence electrons. The van der Waals surface area contributed by atoms with Crippen molar-refractivity contribution in [2.24, 2.45) is 0 Å². The molecular weight excluding hydrogens is 196 g/mol. The van der Waals surface area contributed by atoms with E-state index in [1.165, 1.54) is 0 Å². The lowest BCUT2D eigenvalue weighted by atomic mass is 10.4.